The molecule has 1 amide bonds. The normalized spacial score (nSPS) is 12.1. The smallest absolute Gasteiger partial charge is 0.320 e. The molecule has 0 saturated heterocycles. The molecule has 0 bridgehead atoms. The zero-order chi connectivity index (χ0) is 13.0. The Kier molecular flexibility index (Phi) is 4.48. The summed E-state index contributed by atoms with van der Waals surface area (Å²) in [6, 6.07) is 3.99. The predicted octanol–water partition coefficient (Wildman–Crippen LogP) is 1.00. The van der Waals surface area contributed by atoms with E-state index in [1.807, 2.05) is 0 Å². The van der Waals surface area contributed by atoms with Crippen LogP contribution in [0.4, 0.5) is 0 Å². The molecule has 0 fully saturated rings. The number of carbonyl (C=O) groups is 2. The highest BCUT2D eigenvalue weighted by Crippen LogP contribution is 2.17. The van der Waals surface area contributed by atoms with Crippen LogP contribution in [0.5, 0.6) is 0 Å². The van der Waals surface area contributed by atoms with E-state index in [1.54, 1.807) is 12.1 Å². The molecule has 1 aromatic rings. The zero-order valence-electron chi connectivity index (χ0n) is 9.24. The Morgan fingerprint density at radius 2 is 2.18 bits per heavy atom. The summed E-state index contributed by atoms with van der Waals surface area (Å²) in [5.74, 6) is -1.49. The third-order valence-corrected chi connectivity index (χ3v) is 2.66. The number of hydrogen-bond acceptors (Lipinski definition) is 3. The van der Waals surface area contributed by atoms with Gasteiger partial charge in [-0.25, -0.2) is 0 Å². The van der Waals surface area contributed by atoms with Crippen molar-refractivity contribution >= 4 is 23.5 Å². The van der Waals surface area contributed by atoms with E-state index in [9.17, 15) is 9.59 Å². The highest BCUT2D eigenvalue weighted by atomic mass is 35.5. The average Bonchev–Trinajstić information content (AvgIpc) is 2.26. The minimum absolute atomic E-state index is 0.311. The fourth-order valence-electron chi connectivity index (χ4n) is 1.19. The maximum atomic E-state index is 10.9. The van der Waals surface area contributed by atoms with Crippen LogP contribution in [0.15, 0.2) is 18.2 Å². The van der Waals surface area contributed by atoms with Crippen molar-refractivity contribution in [3.8, 4) is 0 Å². The molecule has 92 valence electrons. The number of carbonyl (C=O) groups excluding carboxylic acids is 1. The largest absolute Gasteiger partial charge is 0.480 e. The number of amides is 1. The molecule has 1 aromatic carbocycles. The molecule has 0 aliphatic rings. The number of rotatable bonds is 5. The van der Waals surface area contributed by atoms with Crippen molar-refractivity contribution in [2.75, 3.05) is 0 Å². The second-order valence-electron chi connectivity index (χ2n) is 3.61. The predicted molar refractivity (Wildman–Crippen MR) is 63.9 cm³/mol. The number of carboxylic acids is 1. The summed E-state index contributed by atoms with van der Waals surface area (Å²) in [6.45, 7) is 1.85. The van der Waals surface area contributed by atoms with Crippen molar-refractivity contribution in [1.29, 1.82) is 0 Å². The summed E-state index contributed by atoms with van der Waals surface area (Å²) in [6.07, 6.45) is 0. The van der Waals surface area contributed by atoms with Crippen molar-refractivity contribution in [1.82, 2.24) is 5.32 Å². The van der Waals surface area contributed by atoms with Crippen LogP contribution in [0.25, 0.3) is 0 Å². The van der Waals surface area contributed by atoms with Crippen LogP contribution in [0, 0.1) is 0 Å². The first-order valence-electron chi connectivity index (χ1n) is 4.96. The molecule has 5 nitrogen and oxygen atoms in total. The lowest BCUT2D eigenvalue weighted by Crippen LogP contribution is -2.33. The van der Waals surface area contributed by atoms with E-state index in [0.717, 1.165) is 0 Å². The molecule has 17 heavy (non-hydrogen) atoms. The maximum absolute atomic E-state index is 10.9. The Balaban J connectivity index is 2.73. The van der Waals surface area contributed by atoms with Crippen molar-refractivity contribution in [2.24, 2.45) is 5.73 Å². The SMILES string of the molecule is C[C@@H](NCc1ccc(C(N)=O)cc1Cl)C(=O)O. The molecule has 0 aliphatic carbocycles. The van der Waals surface area contributed by atoms with Crippen molar-refractivity contribution < 1.29 is 14.7 Å². The van der Waals surface area contributed by atoms with Gasteiger partial charge in [-0.1, -0.05) is 17.7 Å². The van der Waals surface area contributed by atoms with Gasteiger partial charge in [-0.15, -0.1) is 0 Å². The third kappa shape index (κ3) is 3.72. The molecular weight excluding hydrogens is 244 g/mol. The van der Waals surface area contributed by atoms with Crippen LogP contribution in [0.1, 0.15) is 22.8 Å². The van der Waals surface area contributed by atoms with Gasteiger partial charge >= 0.3 is 5.97 Å². The molecule has 0 heterocycles. The highest BCUT2D eigenvalue weighted by Gasteiger charge is 2.11. The minimum atomic E-state index is -0.935. The molecule has 0 unspecified atom stereocenters. The van der Waals surface area contributed by atoms with Crippen LogP contribution in [0.3, 0.4) is 0 Å². The molecule has 0 spiro atoms. The first-order chi connectivity index (χ1) is 7.91. The van der Waals surface area contributed by atoms with E-state index >= 15 is 0 Å². The molecule has 0 saturated carbocycles. The van der Waals surface area contributed by atoms with E-state index in [-0.39, 0.29) is 0 Å². The Morgan fingerprint density at radius 1 is 1.53 bits per heavy atom. The number of hydrogen-bond donors (Lipinski definition) is 3. The quantitative estimate of drug-likeness (QED) is 0.733. The number of carboxylic acid groups (broad SMARTS) is 1. The zero-order valence-corrected chi connectivity index (χ0v) is 9.99. The van der Waals surface area contributed by atoms with Gasteiger partial charge in [0.2, 0.25) is 5.91 Å². The lowest BCUT2D eigenvalue weighted by Gasteiger charge is -2.10. The summed E-state index contributed by atoms with van der Waals surface area (Å²) in [7, 11) is 0. The van der Waals surface area contributed by atoms with Crippen molar-refractivity contribution in [3.63, 3.8) is 0 Å². The average molecular weight is 257 g/mol. The minimum Gasteiger partial charge on any atom is -0.480 e. The van der Waals surface area contributed by atoms with Gasteiger partial charge in [0.1, 0.15) is 6.04 Å². The van der Waals surface area contributed by atoms with Gasteiger partial charge in [-0.2, -0.15) is 0 Å². The third-order valence-electron chi connectivity index (χ3n) is 2.31. The lowest BCUT2D eigenvalue weighted by atomic mass is 10.1. The lowest BCUT2D eigenvalue weighted by molar-refractivity contribution is -0.139. The van der Waals surface area contributed by atoms with E-state index in [4.69, 9.17) is 22.4 Å². The fourth-order valence-corrected chi connectivity index (χ4v) is 1.44. The molecule has 0 aliphatic heterocycles. The van der Waals surface area contributed by atoms with Crippen molar-refractivity contribution in [2.45, 2.75) is 19.5 Å². The molecular formula is C11H13ClN2O3. The van der Waals surface area contributed by atoms with E-state index in [0.29, 0.717) is 22.7 Å². The van der Waals surface area contributed by atoms with Gasteiger partial charge in [-0.3, -0.25) is 9.59 Å². The number of benzene rings is 1. The molecule has 1 rings (SSSR count). The summed E-state index contributed by atoms with van der Waals surface area (Å²) in [5, 5.41) is 11.9. The summed E-state index contributed by atoms with van der Waals surface area (Å²) in [4.78, 5) is 21.5. The van der Waals surface area contributed by atoms with Gasteiger partial charge in [0.15, 0.2) is 0 Å². The van der Waals surface area contributed by atoms with Crippen molar-refractivity contribution in [3.05, 3.63) is 34.3 Å². The number of nitrogens with two attached hydrogens (primary N) is 1. The summed E-state index contributed by atoms with van der Waals surface area (Å²) in [5.41, 5.74) is 6.14. The fraction of sp³-hybridized carbons (Fsp3) is 0.273. The Bertz CT molecular complexity index is 448. The summed E-state index contributed by atoms with van der Waals surface area (Å²) >= 11 is 5.94. The first-order valence-corrected chi connectivity index (χ1v) is 5.34. The molecule has 4 N–H and O–H groups in total. The topological polar surface area (TPSA) is 92.4 Å². The summed E-state index contributed by atoms with van der Waals surface area (Å²) < 4.78 is 0. The van der Waals surface area contributed by atoms with E-state index in [2.05, 4.69) is 5.32 Å². The molecule has 6 heteroatoms. The number of nitrogens with one attached hydrogen (secondary N) is 1. The van der Waals surface area contributed by atoms with Gasteiger partial charge in [-0.05, 0) is 24.6 Å². The van der Waals surface area contributed by atoms with Crippen LogP contribution in [-0.4, -0.2) is 23.0 Å². The number of aliphatic carboxylic acids is 1. The van der Waals surface area contributed by atoms with Crippen LogP contribution < -0.4 is 11.1 Å². The molecule has 0 aromatic heterocycles. The van der Waals surface area contributed by atoms with Crippen LogP contribution >= 0.6 is 11.6 Å². The standard InChI is InChI=1S/C11H13ClN2O3/c1-6(11(16)17)14-5-8-3-2-7(10(13)15)4-9(8)12/h2-4,6,14H,5H2,1H3,(H2,13,15)(H,16,17)/t6-/m1/s1. The van der Waals surface area contributed by atoms with Gasteiger partial charge in [0.05, 0.1) is 0 Å². The van der Waals surface area contributed by atoms with E-state index in [1.165, 1.54) is 13.0 Å². The van der Waals surface area contributed by atoms with E-state index < -0.39 is 17.9 Å². The highest BCUT2D eigenvalue weighted by molar-refractivity contribution is 6.31. The molecule has 1 atom stereocenters. The van der Waals surface area contributed by atoms with Crippen LogP contribution in [0.2, 0.25) is 5.02 Å². The van der Waals surface area contributed by atoms with Crippen LogP contribution in [-0.2, 0) is 11.3 Å². The maximum Gasteiger partial charge on any atom is 0.320 e. The Hall–Kier alpha value is -1.59. The molecule has 0 radical (unpaired) electrons. The second-order valence-corrected chi connectivity index (χ2v) is 4.02. The number of primary amides is 1. The van der Waals surface area contributed by atoms with Gasteiger partial charge in [0.25, 0.3) is 0 Å². The second kappa shape index (κ2) is 5.65. The number of halogens is 1. The monoisotopic (exact) mass is 256 g/mol. The Morgan fingerprint density at radius 3 is 2.65 bits per heavy atom. The van der Waals surface area contributed by atoms with Gasteiger partial charge < -0.3 is 16.2 Å². The first kappa shape index (κ1) is 13.5. The Labute approximate surface area is 104 Å². The van der Waals surface area contributed by atoms with Gasteiger partial charge in [0, 0.05) is 17.1 Å².